The largest absolute Gasteiger partial charge is 0.452 e. The van der Waals surface area contributed by atoms with Crippen molar-refractivity contribution in [3.05, 3.63) is 63.4 Å². The Morgan fingerprint density at radius 3 is 2.43 bits per heavy atom. The average Bonchev–Trinajstić information content (AvgIpc) is 3.25. The standard InChI is InChI=1S/C20H18Cl2N6O6S/c1-10-7-11(21)8-12(18(29)25-26-20(31)34-2)16(10)24-19(30)14-9-15(35(3,32)33)27-28(14)17-13(22)5-4-6-23-17/h4-9H,1-3H3,(H,24,30)(H,25,29)(H,26,31). The van der Waals surface area contributed by atoms with E-state index in [-0.39, 0.29) is 32.8 Å². The van der Waals surface area contributed by atoms with E-state index < -0.39 is 32.8 Å². The van der Waals surface area contributed by atoms with Crippen LogP contribution < -0.4 is 16.2 Å². The van der Waals surface area contributed by atoms with Crippen molar-refractivity contribution < 1.29 is 27.5 Å². The molecule has 3 aromatic rings. The van der Waals surface area contributed by atoms with E-state index in [0.717, 1.165) is 24.1 Å². The molecule has 3 rings (SSSR count). The number of nitrogens with one attached hydrogen (secondary N) is 3. The van der Waals surface area contributed by atoms with E-state index in [1.165, 1.54) is 24.4 Å². The van der Waals surface area contributed by atoms with E-state index in [1.807, 2.05) is 5.43 Å². The number of carbonyl (C=O) groups is 3. The summed E-state index contributed by atoms with van der Waals surface area (Å²) in [6, 6.07) is 6.87. The van der Waals surface area contributed by atoms with Gasteiger partial charge in [-0.3, -0.25) is 15.0 Å². The third-order valence-electron chi connectivity index (χ3n) is 4.49. The van der Waals surface area contributed by atoms with Gasteiger partial charge in [-0.1, -0.05) is 23.2 Å². The highest BCUT2D eigenvalue weighted by Gasteiger charge is 2.25. The second kappa shape index (κ2) is 10.3. The third-order valence-corrected chi connectivity index (χ3v) is 5.96. The van der Waals surface area contributed by atoms with Crippen LogP contribution in [0, 0.1) is 6.92 Å². The second-order valence-corrected chi connectivity index (χ2v) is 9.84. The number of aryl methyl sites for hydroxylation is 1. The van der Waals surface area contributed by atoms with E-state index >= 15 is 0 Å². The number of aromatic nitrogens is 3. The highest BCUT2D eigenvalue weighted by atomic mass is 35.5. The Labute approximate surface area is 209 Å². The van der Waals surface area contributed by atoms with Crippen molar-refractivity contribution in [2.24, 2.45) is 0 Å². The molecule has 35 heavy (non-hydrogen) atoms. The number of hydrogen-bond acceptors (Lipinski definition) is 8. The first kappa shape index (κ1) is 25.9. The summed E-state index contributed by atoms with van der Waals surface area (Å²) < 4.78 is 29.6. The van der Waals surface area contributed by atoms with Crippen LogP contribution in [0.1, 0.15) is 26.4 Å². The van der Waals surface area contributed by atoms with Crippen molar-refractivity contribution in [3.63, 3.8) is 0 Å². The fourth-order valence-corrected chi connectivity index (χ4v) is 3.92. The van der Waals surface area contributed by atoms with Gasteiger partial charge in [0.05, 0.1) is 23.4 Å². The molecule has 0 unspecified atom stereocenters. The maximum atomic E-state index is 13.3. The quantitative estimate of drug-likeness (QED) is 0.415. The molecular formula is C20H18Cl2N6O6S. The Kier molecular flexibility index (Phi) is 7.63. The predicted molar refractivity (Wildman–Crippen MR) is 127 cm³/mol. The van der Waals surface area contributed by atoms with Crippen LogP contribution >= 0.6 is 23.2 Å². The number of rotatable bonds is 5. The molecule has 0 aliphatic rings. The number of sulfone groups is 1. The Bertz CT molecular complexity index is 1440. The number of methoxy groups -OCH3 is 1. The van der Waals surface area contributed by atoms with Crippen molar-refractivity contribution in [2.45, 2.75) is 11.9 Å². The van der Waals surface area contributed by atoms with Crippen molar-refractivity contribution in [1.29, 1.82) is 0 Å². The zero-order chi connectivity index (χ0) is 25.9. The van der Waals surface area contributed by atoms with Gasteiger partial charge in [0.15, 0.2) is 20.7 Å². The first-order valence-electron chi connectivity index (χ1n) is 9.59. The molecule has 12 nitrogen and oxygen atoms in total. The van der Waals surface area contributed by atoms with Crippen LogP contribution in [0.5, 0.6) is 0 Å². The smallest absolute Gasteiger partial charge is 0.425 e. The first-order chi connectivity index (χ1) is 16.4. The summed E-state index contributed by atoms with van der Waals surface area (Å²) >= 11 is 12.3. The van der Waals surface area contributed by atoms with Gasteiger partial charge in [-0.15, -0.1) is 0 Å². The molecule has 2 heterocycles. The van der Waals surface area contributed by atoms with Gasteiger partial charge in [0.1, 0.15) is 5.69 Å². The molecule has 0 saturated carbocycles. The van der Waals surface area contributed by atoms with Crippen molar-refractivity contribution in [3.8, 4) is 5.82 Å². The number of hydrogen-bond donors (Lipinski definition) is 3. The lowest BCUT2D eigenvalue weighted by Gasteiger charge is -2.15. The molecule has 0 spiro atoms. The maximum absolute atomic E-state index is 13.3. The van der Waals surface area contributed by atoms with Gasteiger partial charge in [-0.05, 0) is 36.8 Å². The number of carbonyl (C=O) groups excluding carboxylic acids is 3. The number of ether oxygens (including phenoxy) is 1. The van der Waals surface area contributed by atoms with E-state index in [9.17, 15) is 22.8 Å². The summed E-state index contributed by atoms with van der Waals surface area (Å²) in [5.74, 6) is -1.62. The number of anilines is 1. The van der Waals surface area contributed by atoms with Crippen LogP contribution in [-0.2, 0) is 14.6 Å². The number of benzene rings is 1. The molecule has 3 N–H and O–H groups in total. The predicted octanol–water partition coefficient (Wildman–Crippen LogP) is 2.54. The average molecular weight is 541 g/mol. The minimum atomic E-state index is -3.80. The van der Waals surface area contributed by atoms with E-state index in [4.69, 9.17) is 23.2 Å². The Morgan fingerprint density at radius 2 is 1.80 bits per heavy atom. The monoisotopic (exact) mass is 540 g/mol. The van der Waals surface area contributed by atoms with Gasteiger partial charge in [0, 0.05) is 23.5 Å². The van der Waals surface area contributed by atoms with Gasteiger partial charge in [-0.2, -0.15) is 5.10 Å². The van der Waals surface area contributed by atoms with Crippen molar-refractivity contribution in [2.75, 3.05) is 18.7 Å². The number of amides is 3. The SMILES string of the molecule is COC(=O)NNC(=O)c1cc(Cl)cc(C)c1NC(=O)c1cc(S(C)(=O)=O)nn1-c1ncccc1Cl. The molecule has 15 heteroatoms. The lowest BCUT2D eigenvalue weighted by atomic mass is 10.1. The fraction of sp³-hybridized carbons (Fsp3) is 0.150. The molecule has 0 aliphatic heterocycles. The van der Waals surface area contributed by atoms with Crippen LogP contribution in [0.2, 0.25) is 10.0 Å². The highest BCUT2D eigenvalue weighted by molar-refractivity contribution is 7.90. The summed E-state index contributed by atoms with van der Waals surface area (Å²) in [5.41, 5.74) is 4.28. The molecule has 0 aliphatic carbocycles. The summed E-state index contributed by atoms with van der Waals surface area (Å²) in [6.45, 7) is 1.58. The molecule has 1 aromatic carbocycles. The minimum absolute atomic E-state index is 0.0160. The van der Waals surface area contributed by atoms with Gasteiger partial charge >= 0.3 is 6.09 Å². The highest BCUT2D eigenvalue weighted by Crippen LogP contribution is 2.27. The molecule has 0 fully saturated rings. The molecule has 0 atom stereocenters. The van der Waals surface area contributed by atoms with Gasteiger partial charge < -0.3 is 10.1 Å². The summed E-state index contributed by atoms with van der Waals surface area (Å²) in [5, 5.41) is 6.47. The molecule has 0 saturated heterocycles. The molecule has 0 bridgehead atoms. The van der Waals surface area contributed by atoms with Crippen molar-refractivity contribution in [1.82, 2.24) is 25.6 Å². The lowest BCUT2D eigenvalue weighted by Crippen LogP contribution is -2.41. The molecule has 3 amide bonds. The number of halogens is 2. The van der Waals surface area contributed by atoms with Crippen LogP contribution in [0.15, 0.2) is 41.6 Å². The Hall–Kier alpha value is -3.68. The van der Waals surface area contributed by atoms with E-state index in [1.54, 1.807) is 13.0 Å². The van der Waals surface area contributed by atoms with Crippen molar-refractivity contribution >= 4 is 56.6 Å². The van der Waals surface area contributed by atoms with Gasteiger partial charge in [-0.25, -0.2) is 28.3 Å². The van der Waals surface area contributed by atoms with Gasteiger partial charge in [0.25, 0.3) is 11.8 Å². The second-order valence-electron chi connectivity index (χ2n) is 7.03. The van der Waals surface area contributed by atoms with E-state index in [0.29, 0.717) is 5.56 Å². The summed E-state index contributed by atoms with van der Waals surface area (Å²) in [4.78, 5) is 41.3. The van der Waals surface area contributed by atoms with Crippen LogP contribution in [0.4, 0.5) is 10.5 Å². The van der Waals surface area contributed by atoms with Crippen LogP contribution in [-0.4, -0.2) is 54.5 Å². The van der Waals surface area contributed by atoms with Gasteiger partial charge in [0.2, 0.25) is 0 Å². The zero-order valence-electron chi connectivity index (χ0n) is 18.4. The third kappa shape index (κ3) is 5.88. The normalized spacial score (nSPS) is 11.0. The molecular weight excluding hydrogens is 523 g/mol. The molecule has 2 aromatic heterocycles. The topological polar surface area (TPSA) is 161 Å². The van der Waals surface area contributed by atoms with Crippen LogP contribution in [0.25, 0.3) is 5.82 Å². The maximum Gasteiger partial charge on any atom is 0.425 e. The minimum Gasteiger partial charge on any atom is -0.452 e. The van der Waals surface area contributed by atoms with E-state index in [2.05, 4.69) is 25.6 Å². The Morgan fingerprint density at radius 1 is 1.09 bits per heavy atom. The number of nitrogens with zero attached hydrogens (tertiary/aromatic N) is 3. The first-order valence-corrected chi connectivity index (χ1v) is 12.2. The Balaban J connectivity index is 2.06. The molecule has 0 radical (unpaired) electrons. The fourth-order valence-electron chi connectivity index (χ4n) is 2.89. The lowest BCUT2D eigenvalue weighted by molar-refractivity contribution is 0.0921. The number of hydrazine groups is 1. The van der Waals surface area contributed by atoms with Crippen LogP contribution in [0.3, 0.4) is 0 Å². The number of pyridine rings is 1. The molecule has 184 valence electrons. The summed E-state index contributed by atoms with van der Waals surface area (Å²) in [7, 11) is -2.69. The summed E-state index contributed by atoms with van der Waals surface area (Å²) in [6.07, 6.45) is 1.40. The zero-order valence-corrected chi connectivity index (χ0v) is 20.7.